The number of ether oxygens (including phenoxy) is 1. The standard InChI is InChI=1S/C21H24N2O2.ClH/c22-14-21(16-7-2-1-3-8-16)12-17(13-21)23-20(24)19-11-10-15-6-4-5-9-18(15)25-19;/h1-9,17,19H,10-14,22H2,(H,23,24);1H/t17?,19-,21?;/m0./s1. The van der Waals surface area contributed by atoms with E-state index in [1.807, 2.05) is 36.4 Å². The minimum atomic E-state index is -0.389. The van der Waals surface area contributed by atoms with Crippen LogP contribution in [0.15, 0.2) is 54.6 Å². The summed E-state index contributed by atoms with van der Waals surface area (Å²) in [7, 11) is 0. The van der Waals surface area contributed by atoms with Crippen LogP contribution >= 0.6 is 12.4 Å². The fourth-order valence-electron chi connectivity index (χ4n) is 4.10. The Hall–Kier alpha value is -2.04. The van der Waals surface area contributed by atoms with Crippen LogP contribution in [-0.4, -0.2) is 24.6 Å². The molecule has 1 aliphatic carbocycles. The van der Waals surface area contributed by atoms with Gasteiger partial charge in [-0.25, -0.2) is 0 Å². The first-order valence-corrected chi connectivity index (χ1v) is 9.01. The van der Waals surface area contributed by atoms with E-state index >= 15 is 0 Å². The summed E-state index contributed by atoms with van der Waals surface area (Å²) in [4.78, 5) is 12.6. The third kappa shape index (κ3) is 3.44. The Labute approximate surface area is 160 Å². The molecule has 26 heavy (non-hydrogen) atoms. The van der Waals surface area contributed by atoms with Crippen LogP contribution in [0, 0.1) is 0 Å². The number of carbonyl (C=O) groups excluding carboxylic acids is 1. The molecule has 138 valence electrons. The Balaban J connectivity index is 0.00000196. The monoisotopic (exact) mass is 372 g/mol. The molecule has 3 N–H and O–H groups in total. The lowest BCUT2D eigenvalue weighted by Crippen LogP contribution is -2.58. The zero-order valence-corrected chi connectivity index (χ0v) is 15.5. The molecule has 0 bridgehead atoms. The molecule has 0 saturated heterocycles. The minimum absolute atomic E-state index is 0. The van der Waals surface area contributed by atoms with Gasteiger partial charge in [-0.3, -0.25) is 4.79 Å². The molecular formula is C21H25ClN2O2. The number of carbonyl (C=O) groups is 1. The zero-order valence-electron chi connectivity index (χ0n) is 14.7. The van der Waals surface area contributed by atoms with Gasteiger partial charge in [0.15, 0.2) is 6.10 Å². The summed E-state index contributed by atoms with van der Waals surface area (Å²) in [5.41, 5.74) is 8.50. The van der Waals surface area contributed by atoms with Crippen LogP contribution in [-0.2, 0) is 16.6 Å². The topological polar surface area (TPSA) is 64.3 Å². The number of nitrogens with one attached hydrogen (secondary N) is 1. The van der Waals surface area contributed by atoms with Gasteiger partial charge >= 0.3 is 0 Å². The highest BCUT2D eigenvalue weighted by Crippen LogP contribution is 2.43. The molecule has 2 aliphatic rings. The second kappa shape index (κ2) is 7.68. The molecule has 2 aromatic rings. The molecule has 0 radical (unpaired) electrons. The molecule has 0 unspecified atom stereocenters. The van der Waals surface area contributed by atoms with Crippen molar-refractivity contribution in [2.45, 2.75) is 43.2 Å². The Bertz CT molecular complexity index is 760. The summed E-state index contributed by atoms with van der Waals surface area (Å²) in [6, 6.07) is 18.5. The van der Waals surface area contributed by atoms with Crippen LogP contribution in [0.3, 0.4) is 0 Å². The summed E-state index contributed by atoms with van der Waals surface area (Å²) in [6.45, 7) is 0.608. The van der Waals surface area contributed by atoms with Crippen LogP contribution in [0.4, 0.5) is 0 Å². The number of amides is 1. The summed E-state index contributed by atoms with van der Waals surface area (Å²) >= 11 is 0. The first-order valence-electron chi connectivity index (χ1n) is 9.01. The van der Waals surface area contributed by atoms with Gasteiger partial charge in [0.05, 0.1) is 0 Å². The Morgan fingerprint density at radius 3 is 2.54 bits per heavy atom. The van der Waals surface area contributed by atoms with E-state index in [1.165, 1.54) is 11.1 Å². The maximum Gasteiger partial charge on any atom is 0.261 e. The van der Waals surface area contributed by atoms with Crippen LogP contribution < -0.4 is 15.8 Å². The summed E-state index contributed by atoms with van der Waals surface area (Å²) in [5.74, 6) is 0.835. The summed E-state index contributed by atoms with van der Waals surface area (Å²) < 4.78 is 5.89. The van der Waals surface area contributed by atoms with Crippen LogP contribution in [0.5, 0.6) is 5.75 Å². The van der Waals surface area contributed by atoms with E-state index in [0.717, 1.165) is 31.4 Å². The number of aryl methyl sites for hydroxylation is 1. The highest BCUT2D eigenvalue weighted by Gasteiger charge is 2.45. The smallest absolute Gasteiger partial charge is 0.261 e. The van der Waals surface area contributed by atoms with Gasteiger partial charge < -0.3 is 15.8 Å². The molecule has 4 rings (SSSR count). The van der Waals surface area contributed by atoms with Gasteiger partial charge in [-0.05, 0) is 42.9 Å². The lowest BCUT2D eigenvalue weighted by Gasteiger charge is -2.48. The Kier molecular flexibility index (Phi) is 5.54. The van der Waals surface area contributed by atoms with Crippen molar-refractivity contribution in [3.05, 3.63) is 65.7 Å². The normalized spacial score (nSPS) is 26.5. The van der Waals surface area contributed by atoms with E-state index in [9.17, 15) is 4.79 Å². The molecule has 1 heterocycles. The van der Waals surface area contributed by atoms with Gasteiger partial charge in [0.1, 0.15) is 5.75 Å². The van der Waals surface area contributed by atoms with Gasteiger partial charge in [0.25, 0.3) is 5.91 Å². The van der Waals surface area contributed by atoms with Gasteiger partial charge in [-0.15, -0.1) is 12.4 Å². The molecule has 1 amide bonds. The number of benzene rings is 2. The van der Waals surface area contributed by atoms with Gasteiger partial charge in [-0.2, -0.15) is 0 Å². The molecule has 1 fully saturated rings. The number of hydrogen-bond donors (Lipinski definition) is 2. The minimum Gasteiger partial charge on any atom is -0.480 e. The van der Waals surface area contributed by atoms with E-state index in [0.29, 0.717) is 6.54 Å². The maximum atomic E-state index is 12.6. The number of fused-ring (bicyclic) bond motifs is 1. The van der Waals surface area contributed by atoms with Crippen LogP contribution in [0.2, 0.25) is 0 Å². The maximum absolute atomic E-state index is 12.6. The summed E-state index contributed by atoms with van der Waals surface area (Å²) in [5, 5.41) is 3.16. The van der Waals surface area contributed by atoms with E-state index < -0.39 is 0 Å². The Morgan fingerprint density at radius 2 is 1.81 bits per heavy atom. The van der Waals surface area contributed by atoms with Crippen molar-refractivity contribution in [3.8, 4) is 5.75 Å². The second-order valence-electron chi connectivity index (χ2n) is 7.22. The molecular weight excluding hydrogens is 348 g/mol. The van der Waals surface area contributed by atoms with Crippen molar-refractivity contribution < 1.29 is 9.53 Å². The Morgan fingerprint density at radius 1 is 1.12 bits per heavy atom. The lowest BCUT2D eigenvalue weighted by molar-refractivity contribution is -0.130. The van der Waals surface area contributed by atoms with Crippen molar-refractivity contribution in [1.29, 1.82) is 0 Å². The number of para-hydroxylation sites is 1. The first-order chi connectivity index (χ1) is 12.2. The third-order valence-corrected chi connectivity index (χ3v) is 5.61. The lowest BCUT2D eigenvalue weighted by atomic mass is 9.61. The second-order valence-corrected chi connectivity index (χ2v) is 7.22. The molecule has 5 heteroatoms. The molecule has 4 nitrogen and oxygen atoms in total. The molecule has 1 atom stereocenters. The fourth-order valence-corrected chi connectivity index (χ4v) is 4.10. The highest BCUT2D eigenvalue weighted by molar-refractivity contribution is 5.85. The third-order valence-electron chi connectivity index (χ3n) is 5.61. The zero-order chi connectivity index (χ0) is 17.3. The van der Waals surface area contributed by atoms with Gasteiger partial charge in [0.2, 0.25) is 0 Å². The number of nitrogens with two attached hydrogens (primary N) is 1. The predicted octanol–water partition coefficient (Wildman–Crippen LogP) is 2.98. The SMILES string of the molecule is Cl.NCC1(c2ccccc2)CC(NC(=O)[C@@H]2CCc3ccccc3O2)C1. The quantitative estimate of drug-likeness (QED) is 0.867. The molecule has 1 aliphatic heterocycles. The van der Waals surface area contributed by atoms with E-state index in [1.54, 1.807) is 0 Å². The van der Waals surface area contributed by atoms with Crippen molar-refractivity contribution >= 4 is 18.3 Å². The summed E-state index contributed by atoms with van der Waals surface area (Å²) in [6.07, 6.45) is 3.01. The van der Waals surface area contributed by atoms with Crippen molar-refractivity contribution in [3.63, 3.8) is 0 Å². The predicted molar refractivity (Wildman–Crippen MR) is 105 cm³/mol. The fraction of sp³-hybridized carbons (Fsp3) is 0.381. The number of hydrogen-bond acceptors (Lipinski definition) is 3. The molecule has 0 aromatic heterocycles. The van der Waals surface area contributed by atoms with E-state index in [4.69, 9.17) is 10.5 Å². The first kappa shape index (κ1) is 18.7. The average Bonchev–Trinajstić information content (AvgIpc) is 2.64. The largest absolute Gasteiger partial charge is 0.480 e. The van der Waals surface area contributed by atoms with E-state index in [-0.39, 0.29) is 35.9 Å². The number of halogens is 1. The highest BCUT2D eigenvalue weighted by atomic mass is 35.5. The van der Waals surface area contributed by atoms with Gasteiger partial charge in [-0.1, -0.05) is 48.5 Å². The van der Waals surface area contributed by atoms with Crippen molar-refractivity contribution in [2.75, 3.05) is 6.54 Å². The molecule has 0 spiro atoms. The average molecular weight is 373 g/mol. The van der Waals surface area contributed by atoms with Crippen LogP contribution in [0.25, 0.3) is 0 Å². The van der Waals surface area contributed by atoms with Gasteiger partial charge in [0, 0.05) is 18.0 Å². The van der Waals surface area contributed by atoms with Crippen molar-refractivity contribution in [1.82, 2.24) is 5.32 Å². The van der Waals surface area contributed by atoms with E-state index in [2.05, 4.69) is 23.5 Å². The van der Waals surface area contributed by atoms with Crippen molar-refractivity contribution in [2.24, 2.45) is 5.73 Å². The number of rotatable bonds is 4. The molecule has 2 aromatic carbocycles. The molecule has 1 saturated carbocycles. The van der Waals surface area contributed by atoms with Crippen LogP contribution in [0.1, 0.15) is 30.4 Å².